The van der Waals surface area contributed by atoms with Crippen LogP contribution < -0.4 is 19.9 Å². The zero-order valence-corrected chi connectivity index (χ0v) is 16.7. The van der Waals surface area contributed by atoms with Crippen molar-refractivity contribution >= 4 is 39.5 Å². The normalized spacial score (nSPS) is 14.8. The molecule has 142 valence electrons. The molecule has 6 nitrogen and oxygen atoms in total. The summed E-state index contributed by atoms with van der Waals surface area (Å²) in [5, 5.41) is 1.22. The molecule has 1 fully saturated rings. The summed E-state index contributed by atoms with van der Waals surface area (Å²) in [6.07, 6.45) is 6.76. The van der Waals surface area contributed by atoms with E-state index in [1.54, 1.807) is 36.4 Å². The van der Waals surface area contributed by atoms with Crippen LogP contribution >= 0.6 is 15.9 Å². The molecule has 0 atom stereocenters. The molecule has 28 heavy (non-hydrogen) atoms. The molecule has 0 radical (unpaired) electrons. The molecule has 0 unspecified atom stereocenters. The quantitative estimate of drug-likeness (QED) is 0.425. The summed E-state index contributed by atoms with van der Waals surface area (Å²) in [5.74, 6) is 2.43. The third kappa shape index (κ3) is 4.02. The van der Waals surface area contributed by atoms with Crippen LogP contribution in [-0.4, -0.2) is 25.0 Å². The van der Waals surface area contributed by atoms with Gasteiger partial charge in [-0.1, -0.05) is 40.0 Å². The first-order chi connectivity index (χ1) is 13.5. The number of rotatable bonds is 6. The van der Waals surface area contributed by atoms with Crippen molar-refractivity contribution in [1.82, 2.24) is 5.43 Å². The Morgan fingerprint density at radius 1 is 1.18 bits per heavy atom. The minimum atomic E-state index is -0.480. The smallest absolute Gasteiger partial charge is 0.282 e. The van der Waals surface area contributed by atoms with Gasteiger partial charge in [-0.2, -0.15) is 0 Å². The number of nitrogens with zero attached hydrogens (tertiary/aromatic N) is 1. The number of terminal acetylenes is 1. The van der Waals surface area contributed by atoms with Crippen LogP contribution in [0.15, 0.2) is 52.5 Å². The number of halogens is 1. The average Bonchev–Trinajstić information content (AvgIpc) is 2.98. The number of ether oxygens (including phenoxy) is 2. The van der Waals surface area contributed by atoms with Crippen LogP contribution in [0.5, 0.6) is 11.5 Å². The first-order valence-electron chi connectivity index (χ1n) is 8.50. The van der Waals surface area contributed by atoms with E-state index in [9.17, 15) is 9.59 Å². The topological polar surface area (TPSA) is 67.9 Å². The Morgan fingerprint density at radius 3 is 2.57 bits per heavy atom. The molecule has 0 aliphatic carbocycles. The lowest BCUT2D eigenvalue weighted by atomic mass is 10.1. The summed E-state index contributed by atoms with van der Waals surface area (Å²) in [6, 6.07) is 12.3. The zero-order chi connectivity index (χ0) is 20.1. The van der Waals surface area contributed by atoms with Crippen molar-refractivity contribution in [2.75, 3.05) is 18.2 Å². The molecule has 0 bridgehead atoms. The van der Waals surface area contributed by atoms with Crippen LogP contribution in [0.3, 0.4) is 0 Å². The highest BCUT2D eigenvalue weighted by Gasteiger charge is 2.34. The van der Waals surface area contributed by atoms with Crippen LogP contribution in [0, 0.1) is 12.3 Å². The van der Waals surface area contributed by atoms with E-state index in [-0.39, 0.29) is 12.2 Å². The highest BCUT2D eigenvalue weighted by Crippen LogP contribution is 2.35. The Hall–Kier alpha value is -3.24. The zero-order valence-electron chi connectivity index (χ0n) is 15.1. The van der Waals surface area contributed by atoms with Gasteiger partial charge in [0.25, 0.3) is 11.8 Å². The van der Waals surface area contributed by atoms with E-state index in [0.29, 0.717) is 33.8 Å². The molecule has 2 amide bonds. The monoisotopic (exact) mass is 440 g/mol. The van der Waals surface area contributed by atoms with E-state index in [1.165, 1.54) is 11.1 Å². The van der Waals surface area contributed by atoms with Gasteiger partial charge >= 0.3 is 0 Å². The molecule has 1 heterocycles. The second kappa shape index (κ2) is 8.63. The maximum Gasteiger partial charge on any atom is 0.282 e. The van der Waals surface area contributed by atoms with E-state index in [2.05, 4.69) is 27.3 Å². The van der Waals surface area contributed by atoms with Crippen molar-refractivity contribution < 1.29 is 19.1 Å². The van der Waals surface area contributed by atoms with Crippen LogP contribution in [0.1, 0.15) is 12.5 Å². The molecule has 7 heteroatoms. The number of nitrogens with one attached hydrogen (secondary N) is 1. The Labute approximate surface area is 171 Å². The lowest BCUT2D eigenvalue weighted by Gasteiger charge is -2.14. The standard InChI is InChI=1S/C21H17BrN2O4/c1-3-10-28-19-13-17(22)14(12-18(19)27-4-2)11-16-20(25)23-24(21(16)26)15-8-6-5-7-9-15/h1,5-9,11-13H,4,10H2,2H3,(H,23,25). The maximum absolute atomic E-state index is 12.7. The molecule has 2 aromatic rings. The summed E-state index contributed by atoms with van der Waals surface area (Å²) in [7, 11) is 0. The van der Waals surface area contributed by atoms with Gasteiger partial charge < -0.3 is 9.47 Å². The highest BCUT2D eigenvalue weighted by molar-refractivity contribution is 9.10. The average molecular weight is 441 g/mol. The van der Waals surface area contributed by atoms with Crippen LogP contribution in [-0.2, 0) is 9.59 Å². The molecular weight excluding hydrogens is 424 g/mol. The number of para-hydroxylation sites is 1. The molecule has 0 saturated carbocycles. The summed E-state index contributed by atoms with van der Waals surface area (Å²) in [6.45, 7) is 2.36. The number of carbonyl (C=O) groups is 2. The summed E-state index contributed by atoms with van der Waals surface area (Å²) < 4.78 is 11.7. The predicted octanol–water partition coefficient (Wildman–Crippen LogP) is 3.32. The fourth-order valence-electron chi connectivity index (χ4n) is 2.63. The lowest BCUT2D eigenvalue weighted by Crippen LogP contribution is -2.35. The van der Waals surface area contributed by atoms with Gasteiger partial charge in [-0.3, -0.25) is 15.0 Å². The fourth-order valence-corrected chi connectivity index (χ4v) is 3.07. The SMILES string of the molecule is C#CCOc1cc(Br)c(C=C2C(=O)NN(c3ccccc3)C2=O)cc1OCC. The Kier molecular flexibility index (Phi) is 6.02. The van der Waals surface area contributed by atoms with Crippen LogP contribution in [0.2, 0.25) is 0 Å². The van der Waals surface area contributed by atoms with Gasteiger partial charge in [0, 0.05) is 4.47 Å². The largest absolute Gasteiger partial charge is 0.490 e. The number of amides is 2. The van der Waals surface area contributed by atoms with Crippen molar-refractivity contribution in [2.45, 2.75) is 6.92 Å². The number of carbonyl (C=O) groups excluding carboxylic acids is 2. The van der Waals surface area contributed by atoms with Crippen LogP contribution in [0.4, 0.5) is 5.69 Å². The summed E-state index contributed by atoms with van der Waals surface area (Å²) in [4.78, 5) is 25.1. The number of hydrazine groups is 1. The Bertz CT molecular complexity index is 980. The second-order valence-electron chi connectivity index (χ2n) is 5.72. The minimum Gasteiger partial charge on any atom is -0.490 e. The molecule has 1 aliphatic rings. The van der Waals surface area contributed by atoms with Gasteiger partial charge in [0.1, 0.15) is 12.2 Å². The van der Waals surface area contributed by atoms with Crippen molar-refractivity contribution in [2.24, 2.45) is 0 Å². The van der Waals surface area contributed by atoms with Gasteiger partial charge in [-0.05, 0) is 42.8 Å². The van der Waals surface area contributed by atoms with E-state index in [4.69, 9.17) is 15.9 Å². The van der Waals surface area contributed by atoms with Gasteiger partial charge in [-0.25, -0.2) is 5.01 Å². The summed E-state index contributed by atoms with van der Waals surface area (Å²) >= 11 is 3.44. The van der Waals surface area contributed by atoms with E-state index < -0.39 is 11.8 Å². The number of benzene rings is 2. The first-order valence-corrected chi connectivity index (χ1v) is 9.29. The van der Waals surface area contributed by atoms with Crippen molar-refractivity contribution in [3.05, 3.63) is 58.1 Å². The molecular formula is C21H17BrN2O4. The van der Waals surface area contributed by atoms with Gasteiger partial charge in [0.2, 0.25) is 0 Å². The first kappa shape index (κ1) is 19.5. The highest BCUT2D eigenvalue weighted by atomic mass is 79.9. The molecule has 0 spiro atoms. The van der Waals surface area contributed by atoms with Gasteiger partial charge in [0.15, 0.2) is 11.5 Å². The molecule has 0 aromatic heterocycles. The maximum atomic E-state index is 12.7. The minimum absolute atomic E-state index is 0.0179. The van der Waals surface area contributed by atoms with E-state index >= 15 is 0 Å². The van der Waals surface area contributed by atoms with Gasteiger partial charge in [-0.15, -0.1) is 6.42 Å². The van der Waals surface area contributed by atoms with Crippen molar-refractivity contribution in [3.63, 3.8) is 0 Å². The molecule has 1 saturated heterocycles. The molecule has 1 aliphatic heterocycles. The van der Waals surface area contributed by atoms with E-state index in [1.807, 2.05) is 13.0 Å². The number of hydrogen-bond acceptors (Lipinski definition) is 4. The fraction of sp³-hybridized carbons (Fsp3) is 0.143. The molecule has 3 rings (SSSR count). The third-order valence-electron chi connectivity index (χ3n) is 3.88. The predicted molar refractivity (Wildman–Crippen MR) is 110 cm³/mol. The second-order valence-corrected chi connectivity index (χ2v) is 6.58. The Morgan fingerprint density at radius 2 is 1.89 bits per heavy atom. The molecule has 1 N–H and O–H groups in total. The molecule has 2 aromatic carbocycles. The number of anilines is 1. The Balaban J connectivity index is 1.96. The third-order valence-corrected chi connectivity index (χ3v) is 4.57. The number of hydrogen-bond donors (Lipinski definition) is 1. The summed E-state index contributed by atoms with van der Waals surface area (Å²) in [5.41, 5.74) is 3.77. The van der Waals surface area contributed by atoms with E-state index in [0.717, 1.165) is 0 Å². The van der Waals surface area contributed by atoms with Crippen molar-refractivity contribution in [3.8, 4) is 23.8 Å². The van der Waals surface area contributed by atoms with Crippen molar-refractivity contribution in [1.29, 1.82) is 0 Å². The van der Waals surface area contributed by atoms with Gasteiger partial charge in [0.05, 0.1) is 12.3 Å². The van der Waals surface area contributed by atoms with Crippen LogP contribution in [0.25, 0.3) is 6.08 Å². The lowest BCUT2D eigenvalue weighted by molar-refractivity contribution is -0.117.